The predicted octanol–water partition coefficient (Wildman–Crippen LogP) is 5.79. The van der Waals surface area contributed by atoms with Crippen LogP contribution in [0.4, 0.5) is 5.69 Å². The van der Waals surface area contributed by atoms with Gasteiger partial charge in [-0.25, -0.2) is 8.42 Å². The molecular formula is C28H30Cl3N3O5S. The van der Waals surface area contributed by atoms with Crippen molar-refractivity contribution in [2.24, 2.45) is 0 Å². The smallest absolute Gasteiger partial charge is 0.264 e. The van der Waals surface area contributed by atoms with Crippen molar-refractivity contribution in [2.45, 2.75) is 37.8 Å². The number of sulfonamides is 1. The second-order valence-electron chi connectivity index (χ2n) is 8.70. The number of nitrogens with zero attached hydrogens (tertiary/aromatic N) is 2. The molecule has 40 heavy (non-hydrogen) atoms. The number of amides is 2. The van der Waals surface area contributed by atoms with Gasteiger partial charge >= 0.3 is 0 Å². The summed E-state index contributed by atoms with van der Waals surface area (Å²) in [5, 5.41) is 3.78. The first-order valence-corrected chi connectivity index (χ1v) is 15.0. The highest BCUT2D eigenvalue weighted by Crippen LogP contribution is 2.29. The van der Waals surface area contributed by atoms with Crippen LogP contribution in [0.2, 0.25) is 15.1 Å². The number of ether oxygens (including phenoxy) is 1. The van der Waals surface area contributed by atoms with Crippen LogP contribution in [0.3, 0.4) is 0 Å². The van der Waals surface area contributed by atoms with E-state index in [1.54, 1.807) is 32.0 Å². The Labute approximate surface area is 249 Å². The molecular weight excluding hydrogens is 597 g/mol. The van der Waals surface area contributed by atoms with Crippen LogP contribution in [0.25, 0.3) is 0 Å². The Morgan fingerprint density at radius 1 is 0.925 bits per heavy atom. The zero-order valence-corrected chi connectivity index (χ0v) is 25.3. The molecule has 1 N–H and O–H groups in total. The third-order valence-electron chi connectivity index (χ3n) is 6.17. The average Bonchev–Trinajstić information content (AvgIpc) is 2.93. The van der Waals surface area contributed by atoms with E-state index in [9.17, 15) is 18.0 Å². The van der Waals surface area contributed by atoms with Crippen LogP contribution in [0.5, 0.6) is 5.75 Å². The molecule has 8 nitrogen and oxygen atoms in total. The second-order valence-corrected chi connectivity index (χ2v) is 11.8. The average molecular weight is 627 g/mol. The van der Waals surface area contributed by atoms with Crippen LogP contribution >= 0.6 is 34.8 Å². The SMILES string of the molecule is CCNC(=O)C(CC)N(Cc1c(Cl)cccc1Cl)C(=O)CN(c1ccc(Cl)cc1)S(=O)(=O)c1ccc(OC)cc1. The molecule has 1 unspecified atom stereocenters. The molecule has 0 spiro atoms. The van der Waals surface area contributed by atoms with E-state index in [0.717, 1.165) is 4.31 Å². The maximum absolute atomic E-state index is 14.0. The molecule has 0 heterocycles. The molecule has 3 rings (SSSR count). The summed E-state index contributed by atoms with van der Waals surface area (Å²) in [5.41, 5.74) is 0.660. The topological polar surface area (TPSA) is 96.0 Å². The van der Waals surface area contributed by atoms with Gasteiger partial charge in [-0.15, -0.1) is 0 Å². The first kappa shape index (κ1) is 31.5. The van der Waals surface area contributed by atoms with E-state index in [-0.39, 0.29) is 29.5 Å². The van der Waals surface area contributed by atoms with Crippen molar-refractivity contribution >= 4 is 62.3 Å². The quantitative estimate of drug-likeness (QED) is 0.274. The molecule has 0 saturated carbocycles. The van der Waals surface area contributed by atoms with E-state index in [4.69, 9.17) is 39.5 Å². The summed E-state index contributed by atoms with van der Waals surface area (Å²) in [5.74, 6) is -0.526. The molecule has 0 aromatic heterocycles. The van der Waals surface area contributed by atoms with Crippen LogP contribution in [-0.4, -0.2) is 51.4 Å². The van der Waals surface area contributed by atoms with E-state index in [2.05, 4.69) is 5.32 Å². The highest BCUT2D eigenvalue weighted by molar-refractivity contribution is 7.92. The Hall–Kier alpha value is -2.98. The minimum Gasteiger partial charge on any atom is -0.497 e. The Bertz CT molecular complexity index is 1410. The summed E-state index contributed by atoms with van der Waals surface area (Å²) < 4.78 is 33.9. The first-order chi connectivity index (χ1) is 19.0. The van der Waals surface area contributed by atoms with Crippen LogP contribution in [-0.2, 0) is 26.2 Å². The number of benzene rings is 3. The summed E-state index contributed by atoms with van der Waals surface area (Å²) >= 11 is 18.9. The monoisotopic (exact) mass is 625 g/mol. The lowest BCUT2D eigenvalue weighted by atomic mass is 10.1. The molecule has 1 atom stereocenters. The predicted molar refractivity (Wildman–Crippen MR) is 159 cm³/mol. The number of halogens is 3. The summed E-state index contributed by atoms with van der Waals surface area (Å²) in [6, 6.07) is 15.9. The van der Waals surface area contributed by atoms with E-state index in [0.29, 0.717) is 32.9 Å². The Balaban J connectivity index is 2.09. The van der Waals surface area contributed by atoms with Crippen molar-refractivity contribution in [2.75, 3.05) is 24.5 Å². The van der Waals surface area contributed by atoms with Gasteiger partial charge in [0.1, 0.15) is 18.3 Å². The molecule has 3 aromatic rings. The minimum atomic E-state index is -4.24. The number of hydrogen-bond acceptors (Lipinski definition) is 5. The number of anilines is 1. The van der Waals surface area contributed by atoms with Crippen LogP contribution in [0.15, 0.2) is 71.6 Å². The Morgan fingerprint density at radius 3 is 2.05 bits per heavy atom. The summed E-state index contributed by atoms with van der Waals surface area (Å²) in [6.45, 7) is 3.18. The number of rotatable bonds is 12. The lowest BCUT2D eigenvalue weighted by molar-refractivity contribution is -0.140. The molecule has 0 radical (unpaired) electrons. The Morgan fingerprint density at radius 2 is 1.52 bits per heavy atom. The van der Waals surface area contributed by atoms with Crippen LogP contribution < -0.4 is 14.4 Å². The van der Waals surface area contributed by atoms with Gasteiger partial charge in [0.05, 0.1) is 17.7 Å². The van der Waals surface area contributed by atoms with Crippen LogP contribution in [0, 0.1) is 0 Å². The number of likely N-dealkylation sites (N-methyl/N-ethyl adjacent to an activating group) is 1. The van der Waals surface area contributed by atoms with Gasteiger partial charge in [0.25, 0.3) is 10.0 Å². The third kappa shape index (κ3) is 7.40. The first-order valence-electron chi connectivity index (χ1n) is 12.5. The molecule has 2 amide bonds. The Kier molecular flexibility index (Phi) is 11.1. The fraction of sp³-hybridized carbons (Fsp3) is 0.286. The summed E-state index contributed by atoms with van der Waals surface area (Å²) in [7, 11) is -2.77. The van der Waals surface area contributed by atoms with Crippen molar-refractivity contribution in [3.63, 3.8) is 0 Å². The minimum absolute atomic E-state index is 0.0486. The highest BCUT2D eigenvalue weighted by Gasteiger charge is 2.34. The zero-order valence-electron chi connectivity index (χ0n) is 22.2. The fourth-order valence-electron chi connectivity index (χ4n) is 4.08. The normalized spacial score (nSPS) is 11.9. The molecule has 0 aliphatic carbocycles. The van der Waals surface area contributed by atoms with Gasteiger partial charge in [0, 0.05) is 33.7 Å². The van der Waals surface area contributed by atoms with Crippen molar-refractivity contribution in [1.29, 1.82) is 0 Å². The number of carbonyl (C=O) groups is 2. The maximum atomic E-state index is 14.0. The van der Waals surface area contributed by atoms with Crippen molar-refractivity contribution < 1.29 is 22.7 Å². The molecule has 0 aliphatic rings. The highest BCUT2D eigenvalue weighted by atomic mass is 35.5. The van der Waals surface area contributed by atoms with E-state index in [1.165, 1.54) is 60.5 Å². The van der Waals surface area contributed by atoms with E-state index >= 15 is 0 Å². The standard InChI is InChI=1S/C28H30Cl3N3O5S/c1-4-26(28(36)32-5-2)33(17-23-24(30)7-6-8-25(23)31)27(35)18-34(20-11-9-19(29)10-12-20)40(37,38)22-15-13-21(39-3)14-16-22/h6-16,26H,4-5,17-18H2,1-3H3,(H,32,36). The van der Waals surface area contributed by atoms with Crippen molar-refractivity contribution in [3.05, 3.63) is 87.4 Å². The number of nitrogens with one attached hydrogen (secondary N) is 1. The number of methoxy groups -OCH3 is 1. The summed E-state index contributed by atoms with van der Waals surface area (Å²) in [6.07, 6.45) is 0.270. The van der Waals surface area contributed by atoms with Gasteiger partial charge in [0.15, 0.2) is 0 Å². The molecule has 0 aliphatic heterocycles. The molecule has 0 saturated heterocycles. The maximum Gasteiger partial charge on any atom is 0.264 e. The van der Waals surface area contributed by atoms with E-state index in [1.807, 2.05) is 0 Å². The lowest BCUT2D eigenvalue weighted by Crippen LogP contribution is -2.52. The fourth-order valence-corrected chi connectivity index (χ4v) is 6.13. The van der Waals surface area contributed by atoms with Gasteiger partial charge in [-0.3, -0.25) is 13.9 Å². The summed E-state index contributed by atoms with van der Waals surface area (Å²) in [4.78, 5) is 28.3. The van der Waals surface area contributed by atoms with Gasteiger partial charge < -0.3 is 15.0 Å². The van der Waals surface area contributed by atoms with Gasteiger partial charge in [0.2, 0.25) is 11.8 Å². The molecule has 3 aromatic carbocycles. The van der Waals surface area contributed by atoms with Gasteiger partial charge in [-0.05, 0) is 74.0 Å². The van der Waals surface area contributed by atoms with Crippen LogP contribution in [0.1, 0.15) is 25.8 Å². The molecule has 0 fully saturated rings. The lowest BCUT2D eigenvalue weighted by Gasteiger charge is -2.33. The number of carbonyl (C=O) groups excluding carboxylic acids is 2. The molecule has 12 heteroatoms. The molecule has 0 bridgehead atoms. The second kappa shape index (κ2) is 14.1. The van der Waals surface area contributed by atoms with Gasteiger partial charge in [-0.1, -0.05) is 47.8 Å². The largest absolute Gasteiger partial charge is 0.497 e. The van der Waals surface area contributed by atoms with Crippen molar-refractivity contribution in [1.82, 2.24) is 10.2 Å². The molecule has 214 valence electrons. The zero-order chi connectivity index (χ0) is 29.4. The van der Waals surface area contributed by atoms with E-state index < -0.39 is 28.5 Å². The van der Waals surface area contributed by atoms with Crippen molar-refractivity contribution in [3.8, 4) is 5.75 Å². The van der Waals surface area contributed by atoms with Gasteiger partial charge in [-0.2, -0.15) is 0 Å². The third-order valence-corrected chi connectivity index (χ3v) is 8.92. The number of hydrogen-bond donors (Lipinski definition) is 1.